The molecule has 7 nitrogen and oxygen atoms in total. The zero-order valence-electron chi connectivity index (χ0n) is 15.4. The van der Waals surface area contributed by atoms with E-state index in [0.29, 0.717) is 15.9 Å². The van der Waals surface area contributed by atoms with E-state index in [1.54, 1.807) is 19.9 Å². The highest BCUT2D eigenvalue weighted by Gasteiger charge is 2.19. The number of amides is 1. The van der Waals surface area contributed by atoms with Gasteiger partial charge in [0.05, 0.1) is 15.1 Å². The number of rotatable bonds is 4. The van der Waals surface area contributed by atoms with Crippen LogP contribution in [0, 0.1) is 13.8 Å². The van der Waals surface area contributed by atoms with Crippen molar-refractivity contribution in [3.8, 4) is 0 Å². The number of hydrogen-bond donors (Lipinski definition) is 2. The topological polar surface area (TPSA) is 92.6 Å². The molecule has 0 fully saturated rings. The predicted octanol–water partition coefficient (Wildman–Crippen LogP) is 2.01. The Morgan fingerprint density at radius 3 is 2.56 bits per heavy atom. The lowest BCUT2D eigenvalue weighted by Crippen LogP contribution is -2.25. The molecule has 27 heavy (non-hydrogen) atoms. The summed E-state index contributed by atoms with van der Waals surface area (Å²) in [5.41, 5.74) is 5.09. The van der Waals surface area contributed by atoms with Crippen LogP contribution in [-0.4, -0.2) is 25.9 Å². The molecule has 0 aliphatic rings. The lowest BCUT2D eigenvalue weighted by molar-refractivity contribution is 0.0952. The second-order valence-electron chi connectivity index (χ2n) is 6.09. The molecule has 0 atom stereocenters. The highest BCUT2D eigenvalue weighted by molar-refractivity contribution is 7.89. The number of para-hydroxylation sites is 1. The number of nitrogens with zero attached hydrogens (tertiary/aromatic N) is 2. The maximum atomic E-state index is 12.6. The molecule has 1 heterocycles. The van der Waals surface area contributed by atoms with Crippen LogP contribution in [0.1, 0.15) is 21.5 Å². The molecule has 0 unspecified atom stereocenters. The number of hydrogen-bond acceptors (Lipinski definition) is 5. The van der Waals surface area contributed by atoms with Gasteiger partial charge in [-0.15, -0.1) is 5.10 Å². The minimum Gasteiger partial charge on any atom is -0.318 e. The summed E-state index contributed by atoms with van der Waals surface area (Å²) in [6.45, 7) is 3.48. The summed E-state index contributed by atoms with van der Waals surface area (Å²) in [6, 6.07) is 10.9. The molecule has 142 valence electrons. The van der Waals surface area contributed by atoms with Gasteiger partial charge in [-0.25, -0.2) is 18.6 Å². The molecule has 0 radical (unpaired) electrons. The zero-order chi connectivity index (χ0) is 19.8. The van der Waals surface area contributed by atoms with Gasteiger partial charge in [0.15, 0.2) is 0 Å². The quantitative estimate of drug-likeness (QED) is 0.652. The summed E-state index contributed by atoms with van der Waals surface area (Å²) in [5, 5.41) is 4.20. The van der Waals surface area contributed by atoms with E-state index in [2.05, 4.69) is 15.2 Å². The fourth-order valence-electron chi connectivity index (χ4n) is 2.70. The van der Waals surface area contributed by atoms with Gasteiger partial charge in [-0.1, -0.05) is 23.5 Å². The van der Waals surface area contributed by atoms with Gasteiger partial charge in [-0.2, -0.15) is 0 Å². The van der Waals surface area contributed by atoms with Crippen LogP contribution in [0.15, 0.2) is 46.4 Å². The Morgan fingerprint density at radius 1 is 1.19 bits per heavy atom. The van der Waals surface area contributed by atoms with E-state index >= 15 is 0 Å². The van der Waals surface area contributed by atoms with E-state index in [0.717, 1.165) is 10.2 Å². The Morgan fingerprint density at radius 2 is 1.89 bits per heavy atom. The first-order valence-electron chi connectivity index (χ1n) is 8.18. The normalized spacial score (nSPS) is 12.5. The average molecular weight is 405 g/mol. The van der Waals surface area contributed by atoms with Crippen molar-refractivity contribution in [3.05, 3.63) is 57.9 Å². The lowest BCUT2D eigenvalue weighted by atomic mass is 10.1. The average Bonchev–Trinajstić information content (AvgIpc) is 2.97. The number of carbonyl (C=O) groups excluding carboxylic acids is 1. The van der Waals surface area contributed by atoms with E-state index in [9.17, 15) is 13.2 Å². The molecule has 3 rings (SSSR count). The van der Waals surface area contributed by atoms with Crippen molar-refractivity contribution in [1.82, 2.24) is 14.7 Å². The Kier molecular flexibility index (Phi) is 5.18. The van der Waals surface area contributed by atoms with Gasteiger partial charge in [-0.3, -0.25) is 4.79 Å². The molecule has 2 N–H and O–H groups in total. The summed E-state index contributed by atoms with van der Waals surface area (Å²) >= 11 is 1.45. The van der Waals surface area contributed by atoms with Crippen molar-refractivity contribution >= 4 is 37.5 Å². The third kappa shape index (κ3) is 3.66. The highest BCUT2D eigenvalue weighted by Crippen LogP contribution is 2.21. The Bertz CT molecular complexity index is 1210. The van der Waals surface area contributed by atoms with Crippen LogP contribution >= 0.6 is 11.3 Å². The first-order chi connectivity index (χ1) is 12.7. The molecule has 2 aromatic carbocycles. The SMILES string of the molecule is CNS(=O)(=O)c1cc(C(=O)N/N=c2\sc3ccccc3n2C)cc(C)c1C. The largest absolute Gasteiger partial charge is 0.318 e. The molecule has 0 spiro atoms. The monoisotopic (exact) mass is 404 g/mol. The van der Waals surface area contributed by atoms with Crippen molar-refractivity contribution in [2.45, 2.75) is 18.7 Å². The fourth-order valence-corrected chi connectivity index (χ4v) is 4.74. The Hall–Kier alpha value is -2.49. The van der Waals surface area contributed by atoms with Gasteiger partial charge in [0.1, 0.15) is 0 Å². The highest BCUT2D eigenvalue weighted by atomic mass is 32.2. The van der Waals surface area contributed by atoms with Crippen LogP contribution in [0.2, 0.25) is 0 Å². The third-order valence-electron chi connectivity index (χ3n) is 4.41. The summed E-state index contributed by atoms with van der Waals surface area (Å²) in [4.78, 5) is 13.3. The second kappa shape index (κ2) is 7.26. The van der Waals surface area contributed by atoms with Gasteiger partial charge in [0.2, 0.25) is 14.8 Å². The summed E-state index contributed by atoms with van der Waals surface area (Å²) in [5.74, 6) is -0.469. The van der Waals surface area contributed by atoms with Crippen molar-refractivity contribution in [1.29, 1.82) is 0 Å². The number of benzene rings is 2. The predicted molar refractivity (Wildman–Crippen MR) is 106 cm³/mol. The zero-order valence-corrected chi connectivity index (χ0v) is 17.0. The van der Waals surface area contributed by atoms with E-state index in [1.165, 1.54) is 24.5 Å². The standard InChI is InChI=1S/C18H20N4O3S2/c1-11-9-13(10-16(12(11)2)27(24,25)19-3)17(23)20-21-18-22(4)14-7-5-6-8-15(14)26-18/h5-10,19H,1-4H3,(H,20,23)/b21-18-. The maximum Gasteiger partial charge on any atom is 0.271 e. The van der Waals surface area contributed by atoms with Crippen LogP contribution in [0.5, 0.6) is 0 Å². The first-order valence-corrected chi connectivity index (χ1v) is 10.5. The third-order valence-corrected chi connectivity index (χ3v) is 7.06. The molecule has 3 aromatic rings. The molecule has 9 heteroatoms. The van der Waals surface area contributed by atoms with Crippen LogP contribution in [0.25, 0.3) is 10.2 Å². The number of sulfonamides is 1. The molecule has 0 bridgehead atoms. The molecular formula is C18H20N4O3S2. The van der Waals surface area contributed by atoms with Gasteiger partial charge in [0, 0.05) is 12.6 Å². The number of aryl methyl sites for hydroxylation is 2. The molecule has 0 saturated carbocycles. The Balaban J connectivity index is 1.98. The number of nitrogens with one attached hydrogen (secondary N) is 2. The summed E-state index contributed by atoms with van der Waals surface area (Å²) in [6.07, 6.45) is 0. The number of carbonyl (C=O) groups is 1. The lowest BCUT2D eigenvalue weighted by Gasteiger charge is -2.11. The van der Waals surface area contributed by atoms with Crippen LogP contribution in [0.4, 0.5) is 0 Å². The van der Waals surface area contributed by atoms with Gasteiger partial charge >= 0.3 is 0 Å². The molecular weight excluding hydrogens is 384 g/mol. The van der Waals surface area contributed by atoms with Gasteiger partial charge in [-0.05, 0) is 56.3 Å². The minimum atomic E-state index is -3.66. The number of fused-ring (bicyclic) bond motifs is 1. The van der Waals surface area contributed by atoms with Gasteiger partial charge < -0.3 is 4.57 Å². The Labute approximate surface area is 161 Å². The smallest absolute Gasteiger partial charge is 0.271 e. The fraction of sp³-hybridized carbons (Fsp3) is 0.222. The van der Waals surface area contributed by atoms with Crippen LogP contribution in [-0.2, 0) is 17.1 Å². The molecule has 1 aromatic heterocycles. The summed E-state index contributed by atoms with van der Waals surface area (Å²) in [7, 11) is -0.448. The molecule has 0 saturated heterocycles. The van der Waals surface area contributed by atoms with E-state index in [4.69, 9.17) is 0 Å². The molecule has 1 amide bonds. The van der Waals surface area contributed by atoms with Crippen LogP contribution in [0.3, 0.4) is 0 Å². The van der Waals surface area contributed by atoms with Gasteiger partial charge in [0.25, 0.3) is 5.91 Å². The van der Waals surface area contributed by atoms with Crippen molar-refractivity contribution < 1.29 is 13.2 Å². The minimum absolute atomic E-state index is 0.0857. The maximum absolute atomic E-state index is 12.6. The van der Waals surface area contributed by atoms with E-state index < -0.39 is 15.9 Å². The number of aromatic nitrogens is 1. The van der Waals surface area contributed by atoms with E-state index in [-0.39, 0.29) is 10.5 Å². The summed E-state index contributed by atoms with van der Waals surface area (Å²) < 4.78 is 29.6. The second-order valence-corrected chi connectivity index (χ2v) is 8.95. The number of thiazole rings is 1. The first kappa shape index (κ1) is 19.3. The molecule has 0 aliphatic carbocycles. The van der Waals surface area contributed by atoms with E-state index in [1.807, 2.05) is 35.9 Å². The van der Waals surface area contributed by atoms with Crippen molar-refractivity contribution in [2.24, 2.45) is 12.1 Å². The molecule has 0 aliphatic heterocycles. The van der Waals surface area contributed by atoms with Crippen LogP contribution < -0.4 is 14.9 Å². The van der Waals surface area contributed by atoms with Crippen molar-refractivity contribution in [2.75, 3.05) is 7.05 Å². The van der Waals surface area contributed by atoms with Crippen molar-refractivity contribution in [3.63, 3.8) is 0 Å².